The van der Waals surface area contributed by atoms with Crippen molar-refractivity contribution in [3.05, 3.63) is 46.5 Å². The van der Waals surface area contributed by atoms with Crippen molar-refractivity contribution in [2.75, 3.05) is 36.5 Å². The number of aromatic nitrogens is 5. The van der Waals surface area contributed by atoms with Crippen molar-refractivity contribution in [3.63, 3.8) is 0 Å². The van der Waals surface area contributed by atoms with Crippen LogP contribution in [0.5, 0.6) is 0 Å². The average molecular weight is 554 g/mol. The maximum atomic E-state index is 15.2. The summed E-state index contributed by atoms with van der Waals surface area (Å²) in [6, 6.07) is 4.71. The molecule has 198 valence electrons. The molecule has 2 aliphatic carbocycles. The van der Waals surface area contributed by atoms with Crippen LogP contribution < -0.4 is 9.80 Å². The number of halogens is 2. The Labute approximate surface area is 229 Å². The molecule has 2 saturated carbocycles. The zero-order valence-corrected chi connectivity index (χ0v) is 22.9. The van der Waals surface area contributed by atoms with Crippen LogP contribution in [0.3, 0.4) is 0 Å². The minimum atomic E-state index is -0.412. The first-order chi connectivity index (χ1) is 18.4. The van der Waals surface area contributed by atoms with Gasteiger partial charge >= 0.3 is 0 Å². The molecule has 1 N–H and O–H groups in total. The predicted molar refractivity (Wildman–Crippen MR) is 148 cm³/mol. The van der Waals surface area contributed by atoms with Crippen molar-refractivity contribution in [2.45, 2.75) is 50.7 Å². The second-order valence-corrected chi connectivity index (χ2v) is 12.2. The molecule has 3 aromatic heterocycles. The number of thiazole rings is 1. The van der Waals surface area contributed by atoms with Gasteiger partial charge < -0.3 is 14.5 Å². The number of morpholine rings is 1. The lowest BCUT2D eigenvalue weighted by Crippen LogP contribution is -2.43. The Morgan fingerprint density at radius 1 is 1.18 bits per heavy atom. The van der Waals surface area contributed by atoms with Crippen molar-refractivity contribution < 1.29 is 9.13 Å². The fourth-order valence-corrected chi connectivity index (χ4v) is 6.41. The molecule has 3 aliphatic rings. The molecule has 38 heavy (non-hydrogen) atoms. The number of aromatic amines is 1. The lowest BCUT2D eigenvalue weighted by atomic mass is 10.1. The van der Waals surface area contributed by atoms with E-state index >= 15 is 4.39 Å². The molecule has 4 heterocycles. The van der Waals surface area contributed by atoms with E-state index in [1.807, 2.05) is 6.20 Å². The Kier molecular flexibility index (Phi) is 6.01. The van der Waals surface area contributed by atoms with Crippen molar-refractivity contribution >= 4 is 44.4 Å². The van der Waals surface area contributed by atoms with E-state index in [-0.39, 0.29) is 12.2 Å². The first-order valence-corrected chi connectivity index (χ1v) is 14.4. The van der Waals surface area contributed by atoms with Gasteiger partial charge in [-0.2, -0.15) is 15.1 Å². The van der Waals surface area contributed by atoms with Crippen molar-refractivity contribution in [1.29, 1.82) is 0 Å². The highest BCUT2D eigenvalue weighted by atomic mass is 35.5. The van der Waals surface area contributed by atoms with Gasteiger partial charge in [0.05, 0.1) is 24.0 Å². The highest BCUT2D eigenvalue weighted by Crippen LogP contribution is 2.44. The summed E-state index contributed by atoms with van der Waals surface area (Å²) in [6.45, 7) is 4.22. The molecule has 4 aromatic rings. The van der Waals surface area contributed by atoms with Gasteiger partial charge in [-0.3, -0.25) is 5.10 Å². The molecular formula is C27H29ClFN7OS. The highest BCUT2D eigenvalue weighted by molar-refractivity contribution is 7.22. The Morgan fingerprint density at radius 2 is 2.03 bits per heavy atom. The van der Waals surface area contributed by atoms with Gasteiger partial charge in [-0.05, 0) is 56.7 Å². The minimum Gasteiger partial charge on any atom is -0.367 e. The van der Waals surface area contributed by atoms with E-state index in [0.717, 1.165) is 33.6 Å². The van der Waals surface area contributed by atoms with Gasteiger partial charge in [-0.15, -0.1) is 0 Å². The molecular weight excluding hydrogens is 525 g/mol. The SMILES string of the molecule is C[C@@H]1CN(c2nc(-c3ccc(Cl)cc3F)c3sc(N(C)CC4CC4)nc3n2)C[C@H](c2c[nH]nc2C2CC2)O1. The fourth-order valence-electron chi connectivity index (χ4n) is 5.27. The highest BCUT2D eigenvalue weighted by Gasteiger charge is 2.36. The third-order valence-corrected chi connectivity index (χ3v) is 8.93. The Bertz CT molecular complexity index is 1500. The van der Waals surface area contributed by atoms with Gasteiger partial charge in [-0.25, -0.2) is 9.37 Å². The van der Waals surface area contributed by atoms with Crippen LogP contribution in [0, 0.1) is 11.7 Å². The number of H-pyrrole nitrogens is 1. The number of hydrogen-bond acceptors (Lipinski definition) is 8. The summed E-state index contributed by atoms with van der Waals surface area (Å²) in [5.74, 6) is 1.35. The van der Waals surface area contributed by atoms with Crippen LogP contribution in [0.25, 0.3) is 21.6 Å². The zero-order valence-electron chi connectivity index (χ0n) is 21.3. The maximum absolute atomic E-state index is 15.2. The summed E-state index contributed by atoms with van der Waals surface area (Å²) in [6.07, 6.45) is 6.61. The first kappa shape index (κ1) is 24.2. The second kappa shape index (κ2) is 9.43. The van der Waals surface area contributed by atoms with Crippen LogP contribution in [0.4, 0.5) is 15.5 Å². The van der Waals surface area contributed by atoms with Crippen LogP contribution in [0.1, 0.15) is 55.9 Å². The van der Waals surface area contributed by atoms with E-state index in [2.05, 4.69) is 34.0 Å². The van der Waals surface area contributed by atoms with E-state index in [9.17, 15) is 0 Å². The van der Waals surface area contributed by atoms with Crippen LogP contribution in [0.15, 0.2) is 24.4 Å². The molecule has 2 atom stereocenters. The summed E-state index contributed by atoms with van der Waals surface area (Å²) >= 11 is 7.59. The fraction of sp³-hybridized carbons (Fsp3) is 0.481. The van der Waals surface area contributed by atoms with Crippen LogP contribution >= 0.6 is 22.9 Å². The largest absolute Gasteiger partial charge is 0.367 e. The van der Waals surface area contributed by atoms with Crippen LogP contribution in [0.2, 0.25) is 5.02 Å². The van der Waals surface area contributed by atoms with Gasteiger partial charge in [0, 0.05) is 48.4 Å². The minimum absolute atomic E-state index is 0.0404. The van der Waals surface area contributed by atoms with Gasteiger partial charge in [0.2, 0.25) is 5.95 Å². The third-order valence-electron chi connectivity index (χ3n) is 7.53. The number of anilines is 2. The smallest absolute Gasteiger partial charge is 0.228 e. The molecule has 1 aliphatic heterocycles. The number of benzene rings is 1. The van der Waals surface area contributed by atoms with Crippen molar-refractivity contribution in [1.82, 2.24) is 25.1 Å². The maximum Gasteiger partial charge on any atom is 0.228 e. The summed E-state index contributed by atoms with van der Waals surface area (Å²) in [4.78, 5) is 19.1. The summed E-state index contributed by atoms with van der Waals surface area (Å²) < 4.78 is 22.3. The van der Waals surface area contributed by atoms with Gasteiger partial charge in [-0.1, -0.05) is 22.9 Å². The molecule has 1 aromatic carbocycles. The zero-order chi connectivity index (χ0) is 26.0. The topological polar surface area (TPSA) is 83.1 Å². The van der Waals surface area contributed by atoms with Gasteiger partial charge in [0.25, 0.3) is 0 Å². The lowest BCUT2D eigenvalue weighted by molar-refractivity contribution is -0.0182. The molecule has 1 saturated heterocycles. The quantitative estimate of drug-likeness (QED) is 0.302. The summed E-state index contributed by atoms with van der Waals surface area (Å²) in [5, 5.41) is 8.77. The molecule has 0 bridgehead atoms. The Balaban J connectivity index is 1.29. The lowest BCUT2D eigenvalue weighted by Gasteiger charge is -2.37. The van der Waals surface area contributed by atoms with Crippen molar-refractivity contribution in [3.8, 4) is 11.3 Å². The number of ether oxygens (including phenoxy) is 1. The summed E-state index contributed by atoms with van der Waals surface area (Å²) in [7, 11) is 2.06. The van der Waals surface area contributed by atoms with Gasteiger partial charge in [0.1, 0.15) is 16.6 Å². The Hall–Kier alpha value is -2.82. The predicted octanol–water partition coefficient (Wildman–Crippen LogP) is 5.96. The Morgan fingerprint density at radius 3 is 2.79 bits per heavy atom. The van der Waals surface area contributed by atoms with Crippen molar-refractivity contribution in [2.24, 2.45) is 5.92 Å². The van der Waals surface area contributed by atoms with E-state index < -0.39 is 5.82 Å². The molecule has 0 spiro atoms. The van der Waals surface area contributed by atoms with E-state index in [4.69, 9.17) is 31.3 Å². The molecule has 8 nitrogen and oxygen atoms in total. The molecule has 0 amide bonds. The number of rotatable bonds is 7. The molecule has 11 heteroatoms. The number of hydrogen-bond donors (Lipinski definition) is 1. The molecule has 3 fully saturated rings. The number of nitrogens with zero attached hydrogens (tertiary/aromatic N) is 6. The first-order valence-electron chi connectivity index (χ1n) is 13.2. The molecule has 7 rings (SSSR count). The van der Waals surface area contributed by atoms with E-state index in [1.165, 1.54) is 43.1 Å². The van der Waals surface area contributed by atoms with Gasteiger partial charge in [0.15, 0.2) is 10.8 Å². The summed E-state index contributed by atoms with van der Waals surface area (Å²) in [5.41, 5.74) is 3.73. The standard InChI is InChI=1S/C27H29ClFN7OS/c1-14-11-36(13-21(37-14)19-10-30-34-22(19)16-5-6-16)26-31-23(18-8-7-17(28)9-20(18)29)24-25(32-26)33-27(38-24)35(2)12-15-3-4-15/h7-10,14-16,21H,3-6,11-13H2,1-2H3,(H,30,34)/t14-,21-/m1/s1. The number of fused-ring (bicyclic) bond motifs is 1. The average Bonchev–Trinajstić information content (AvgIpc) is 3.81. The second-order valence-electron chi connectivity index (χ2n) is 10.8. The third kappa shape index (κ3) is 4.63. The van der Waals surface area contributed by atoms with Crippen LogP contribution in [-0.2, 0) is 4.74 Å². The van der Waals surface area contributed by atoms with E-state index in [1.54, 1.807) is 12.1 Å². The van der Waals surface area contributed by atoms with E-state index in [0.29, 0.717) is 46.9 Å². The number of nitrogens with one attached hydrogen (secondary N) is 1. The molecule has 0 radical (unpaired) electrons. The normalized spacial score (nSPS) is 21.8. The molecule has 0 unspecified atom stereocenters. The van der Waals surface area contributed by atoms with Crippen LogP contribution in [-0.4, -0.2) is 57.9 Å². The monoisotopic (exact) mass is 553 g/mol.